The molecule has 0 fully saturated rings. The second kappa shape index (κ2) is 12.1. The summed E-state index contributed by atoms with van der Waals surface area (Å²) >= 11 is 3.43. The number of nitriles is 1. The van der Waals surface area contributed by atoms with Crippen molar-refractivity contribution in [2.75, 3.05) is 14.2 Å². The molecule has 0 aromatic heterocycles. The van der Waals surface area contributed by atoms with Crippen molar-refractivity contribution >= 4 is 27.9 Å². The summed E-state index contributed by atoms with van der Waals surface area (Å²) in [5.41, 5.74) is 4.46. The molecular weight excluding hydrogens is 508 g/mol. The van der Waals surface area contributed by atoms with Gasteiger partial charge in [-0.1, -0.05) is 28.1 Å². The van der Waals surface area contributed by atoms with Crippen LogP contribution in [0.5, 0.6) is 17.2 Å². The molecule has 3 rings (SSSR count). The Bertz CT molecular complexity index is 1250. The summed E-state index contributed by atoms with van der Waals surface area (Å²) in [6.45, 7) is 4.56. The maximum absolute atomic E-state index is 12.7. The molecule has 0 saturated carbocycles. The van der Waals surface area contributed by atoms with Crippen molar-refractivity contribution in [3.8, 4) is 23.3 Å². The Kier molecular flexibility index (Phi) is 8.93. The maximum atomic E-state index is 12.7. The molecule has 3 aromatic rings. The van der Waals surface area contributed by atoms with Crippen LogP contribution in [0.25, 0.3) is 6.08 Å². The summed E-state index contributed by atoms with van der Waals surface area (Å²) in [5.74, 6) is 1.58. The zero-order chi connectivity index (χ0) is 25.4. The van der Waals surface area contributed by atoms with E-state index in [0.29, 0.717) is 18.1 Å². The number of carbonyl (C=O) groups excluding carboxylic acids is 1. The van der Waals surface area contributed by atoms with E-state index in [1.807, 2.05) is 62.4 Å². The lowest BCUT2D eigenvalue weighted by Crippen LogP contribution is -2.24. The SMILES string of the molecule is COc1ccc(CNC(=O)/C(C#N)=C/c2cc(C)c(OCc3ccc(Br)cc3)c(C)c2)c(OC)c1. The van der Waals surface area contributed by atoms with Gasteiger partial charge in [0.05, 0.1) is 14.2 Å². The first kappa shape index (κ1) is 25.9. The summed E-state index contributed by atoms with van der Waals surface area (Å²) in [7, 11) is 3.13. The average molecular weight is 535 g/mol. The lowest BCUT2D eigenvalue weighted by molar-refractivity contribution is -0.117. The van der Waals surface area contributed by atoms with Gasteiger partial charge in [-0.15, -0.1) is 0 Å². The van der Waals surface area contributed by atoms with Crippen molar-refractivity contribution < 1.29 is 19.0 Å². The van der Waals surface area contributed by atoms with Crippen LogP contribution in [0, 0.1) is 25.2 Å². The molecule has 0 atom stereocenters. The van der Waals surface area contributed by atoms with Crippen molar-refractivity contribution in [3.63, 3.8) is 0 Å². The Hall–Kier alpha value is -3.76. The molecular formula is C28H27BrN2O4. The van der Waals surface area contributed by atoms with Gasteiger partial charge < -0.3 is 19.5 Å². The molecule has 0 unspecified atom stereocenters. The molecule has 0 heterocycles. The third-order valence-corrected chi connectivity index (χ3v) is 5.92. The minimum absolute atomic E-state index is 0.0137. The molecule has 0 spiro atoms. The normalized spacial score (nSPS) is 10.9. The number of methoxy groups -OCH3 is 2. The van der Waals surface area contributed by atoms with E-state index >= 15 is 0 Å². The van der Waals surface area contributed by atoms with Crippen molar-refractivity contribution in [2.24, 2.45) is 0 Å². The van der Waals surface area contributed by atoms with Crippen LogP contribution in [0.4, 0.5) is 0 Å². The van der Waals surface area contributed by atoms with E-state index in [2.05, 4.69) is 21.2 Å². The highest BCUT2D eigenvalue weighted by molar-refractivity contribution is 9.10. The minimum atomic E-state index is -0.462. The Labute approximate surface area is 214 Å². The highest BCUT2D eigenvalue weighted by atomic mass is 79.9. The smallest absolute Gasteiger partial charge is 0.262 e. The molecule has 1 amide bonds. The molecule has 0 saturated heterocycles. The number of hydrogen-bond acceptors (Lipinski definition) is 5. The summed E-state index contributed by atoms with van der Waals surface area (Å²) in [5, 5.41) is 12.4. The highest BCUT2D eigenvalue weighted by Crippen LogP contribution is 2.27. The predicted molar refractivity (Wildman–Crippen MR) is 139 cm³/mol. The van der Waals surface area contributed by atoms with Gasteiger partial charge in [0.2, 0.25) is 0 Å². The summed E-state index contributed by atoms with van der Waals surface area (Å²) in [4.78, 5) is 12.7. The van der Waals surface area contributed by atoms with E-state index in [-0.39, 0.29) is 12.1 Å². The number of nitrogens with one attached hydrogen (secondary N) is 1. The maximum Gasteiger partial charge on any atom is 0.262 e. The summed E-state index contributed by atoms with van der Waals surface area (Å²) in [6.07, 6.45) is 1.58. The van der Waals surface area contributed by atoms with Gasteiger partial charge in [0.1, 0.15) is 35.5 Å². The van der Waals surface area contributed by atoms with Crippen molar-refractivity contribution in [1.82, 2.24) is 5.32 Å². The molecule has 0 aliphatic rings. The Balaban J connectivity index is 1.71. The van der Waals surface area contributed by atoms with Crippen LogP contribution in [0.2, 0.25) is 0 Å². The molecule has 0 bridgehead atoms. The van der Waals surface area contributed by atoms with Gasteiger partial charge in [-0.3, -0.25) is 4.79 Å². The van der Waals surface area contributed by atoms with Crippen LogP contribution in [-0.4, -0.2) is 20.1 Å². The number of rotatable bonds is 9. The van der Waals surface area contributed by atoms with Crippen LogP contribution >= 0.6 is 15.9 Å². The highest BCUT2D eigenvalue weighted by Gasteiger charge is 2.13. The number of aryl methyl sites for hydroxylation is 2. The van der Waals surface area contributed by atoms with E-state index in [1.54, 1.807) is 32.4 Å². The number of halogens is 1. The molecule has 7 heteroatoms. The third kappa shape index (κ3) is 6.87. The Morgan fingerprint density at radius 1 is 1.03 bits per heavy atom. The van der Waals surface area contributed by atoms with Gasteiger partial charge in [-0.2, -0.15) is 5.26 Å². The number of nitrogens with zero attached hydrogens (tertiary/aromatic N) is 1. The first-order valence-corrected chi connectivity index (χ1v) is 11.7. The van der Waals surface area contributed by atoms with Gasteiger partial charge in [-0.05, 0) is 78.6 Å². The van der Waals surface area contributed by atoms with Crippen LogP contribution in [0.3, 0.4) is 0 Å². The zero-order valence-corrected chi connectivity index (χ0v) is 21.7. The van der Waals surface area contributed by atoms with E-state index in [1.165, 1.54) is 0 Å². The predicted octanol–water partition coefficient (Wildman–Crippen LogP) is 5.89. The largest absolute Gasteiger partial charge is 0.497 e. The van der Waals surface area contributed by atoms with Gasteiger partial charge in [0.25, 0.3) is 5.91 Å². The van der Waals surface area contributed by atoms with Gasteiger partial charge in [0, 0.05) is 22.6 Å². The first-order valence-electron chi connectivity index (χ1n) is 10.9. The molecule has 0 aliphatic carbocycles. The Morgan fingerprint density at radius 3 is 2.31 bits per heavy atom. The van der Waals surface area contributed by atoms with E-state index in [0.717, 1.165) is 38.0 Å². The molecule has 35 heavy (non-hydrogen) atoms. The lowest BCUT2D eigenvalue weighted by atomic mass is 10.0. The van der Waals surface area contributed by atoms with Crippen molar-refractivity contribution in [3.05, 3.63) is 92.5 Å². The molecule has 3 aromatic carbocycles. The van der Waals surface area contributed by atoms with Crippen molar-refractivity contribution in [2.45, 2.75) is 27.0 Å². The number of amides is 1. The minimum Gasteiger partial charge on any atom is -0.497 e. The second-order valence-electron chi connectivity index (χ2n) is 7.93. The number of hydrogen-bond donors (Lipinski definition) is 1. The fraction of sp³-hybridized carbons (Fsp3) is 0.214. The van der Waals surface area contributed by atoms with Crippen LogP contribution in [-0.2, 0) is 17.9 Å². The van der Waals surface area contributed by atoms with Crippen molar-refractivity contribution in [1.29, 1.82) is 5.26 Å². The van der Waals surface area contributed by atoms with E-state index in [9.17, 15) is 10.1 Å². The average Bonchev–Trinajstić information content (AvgIpc) is 2.86. The summed E-state index contributed by atoms with van der Waals surface area (Å²) < 4.78 is 17.6. The van der Waals surface area contributed by atoms with E-state index in [4.69, 9.17) is 14.2 Å². The summed E-state index contributed by atoms with van der Waals surface area (Å²) in [6, 6.07) is 19.1. The third-order valence-electron chi connectivity index (χ3n) is 5.39. The molecule has 0 aliphatic heterocycles. The lowest BCUT2D eigenvalue weighted by Gasteiger charge is -2.14. The first-order chi connectivity index (χ1) is 16.8. The van der Waals surface area contributed by atoms with Crippen LogP contribution < -0.4 is 19.5 Å². The van der Waals surface area contributed by atoms with Gasteiger partial charge in [0.15, 0.2) is 0 Å². The number of ether oxygens (including phenoxy) is 3. The number of carbonyl (C=O) groups is 1. The van der Waals surface area contributed by atoms with Crippen LogP contribution in [0.1, 0.15) is 27.8 Å². The quantitative estimate of drug-likeness (QED) is 0.273. The molecule has 1 N–H and O–H groups in total. The second-order valence-corrected chi connectivity index (χ2v) is 8.84. The standard InChI is InChI=1S/C28H27BrN2O4/c1-18-11-21(12-19(2)27(18)35-17-20-5-8-24(29)9-6-20)13-23(15-30)28(32)31-16-22-7-10-25(33-3)14-26(22)34-4/h5-14H,16-17H2,1-4H3,(H,31,32)/b23-13+. The zero-order valence-electron chi connectivity index (χ0n) is 20.1. The monoisotopic (exact) mass is 534 g/mol. The molecule has 0 radical (unpaired) electrons. The topological polar surface area (TPSA) is 80.6 Å². The fourth-order valence-electron chi connectivity index (χ4n) is 3.61. The van der Waals surface area contributed by atoms with E-state index < -0.39 is 5.91 Å². The number of benzene rings is 3. The van der Waals surface area contributed by atoms with Gasteiger partial charge >= 0.3 is 0 Å². The van der Waals surface area contributed by atoms with Gasteiger partial charge in [-0.25, -0.2) is 0 Å². The molecule has 6 nitrogen and oxygen atoms in total. The Morgan fingerprint density at radius 2 is 1.71 bits per heavy atom. The fourth-order valence-corrected chi connectivity index (χ4v) is 3.88. The molecule has 180 valence electrons. The van der Waals surface area contributed by atoms with Crippen LogP contribution in [0.15, 0.2) is 64.6 Å².